The Balaban J connectivity index is 1.38. The first kappa shape index (κ1) is 27.6. The van der Waals surface area contributed by atoms with Crippen molar-refractivity contribution in [3.05, 3.63) is 71.5 Å². The first-order valence-corrected chi connectivity index (χ1v) is 16.7. The van der Waals surface area contributed by atoms with Gasteiger partial charge in [-0.2, -0.15) is 0 Å². The normalized spacial score (nSPS) is 38.2. The van der Waals surface area contributed by atoms with E-state index in [9.17, 15) is 5.11 Å². The van der Waals surface area contributed by atoms with Gasteiger partial charge in [-0.15, -0.1) is 0 Å². The summed E-state index contributed by atoms with van der Waals surface area (Å²) >= 11 is 0. The highest BCUT2D eigenvalue weighted by atomic mass is 16.3. The van der Waals surface area contributed by atoms with Gasteiger partial charge in [-0.05, 0) is 120 Å². The van der Waals surface area contributed by atoms with Crippen molar-refractivity contribution in [2.45, 2.75) is 94.7 Å². The minimum absolute atomic E-state index is 0.00512. The van der Waals surface area contributed by atoms with Crippen LogP contribution >= 0.6 is 0 Å². The molecule has 2 aromatic rings. The van der Waals surface area contributed by atoms with Crippen molar-refractivity contribution in [2.75, 3.05) is 32.7 Å². The van der Waals surface area contributed by atoms with E-state index in [1.807, 2.05) is 0 Å². The van der Waals surface area contributed by atoms with Crippen molar-refractivity contribution in [1.29, 1.82) is 0 Å². The number of benzene rings is 1. The van der Waals surface area contributed by atoms with Gasteiger partial charge in [-0.1, -0.05) is 48.6 Å². The largest absolute Gasteiger partial charge is 0.384 e. The number of aromatic nitrogens is 1. The highest BCUT2D eigenvalue weighted by molar-refractivity contribution is 5.85. The zero-order valence-electron chi connectivity index (χ0n) is 24.8. The molecule has 5 heterocycles. The fraction of sp³-hybridized carbons (Fsp3) is 0.611. The van der Waals surface area contributed by atoms with Crippen LogP contribution in [0.2, 0.25) is 0 Å². The first-order chi connectivity index (χ1) is 20.2. The third kappa shape index (κ3) is 5.18. The van der Waals surface area contributed by atoms with Crippen molar-refractivity contribution < 1.29 is 5.11 Å². The Morgan fingerprint density at radius 2 is 1.63 bits per heavy atom. The SMILES string of the molecule is O[C@]12C=C(C3NCCc4c3[nH]c3ccccc43)C3CCN(CCCC/C=C\CC1)CC31CC/C=C\CCCCN[C@H]12. The van der Waals surface area contributed by atoms with E-state index in [1.165, 1.54) is 72.8 Å². The highest BCUT2D eigenvalue weighted by Gasteiger charge is 2.59. The molecule has 0 amide bonds. The van der Waals surface area contributed by atoms with Crippen LogP contribution in [0.1, 0.15) is 87.9 Å². The lowest BCUT2D eigenvalue weighted by atomic mass is 9.52. The monoisotopic (exact) mass is 554 g/mol. The van der Waals surface area contributed by atoms with E-state index in [1.54, 1.807) is 0 Å². The molecule has 7 rings (SSSR count). The molecule has 0 saturated carbocycles. The van der Waals surface area contributed by atoms with Gasteiger partial charge in [0, 0.05) is 41.1 Å². The zero-order chi connectivity index (χ0) is 27.7. The molecule has 1 saturated heterocycles. The zero-order valence-corrected chi connectivity index (χ0v) is 24.8. The predicted octanol–water partition coefficient (Wildman–Crippen LogP) is 6.33. The topological polar surface area (TPSA) is 63.3 Å². The molecule has 4 unspecified atom stereocenters. The number of H-pyrrole nitrogens is 1. The van der Waals surface area contributed by atoms with Gasteiger partial charge in [0.25, 0.3) is 0 Å². The molecular weight excluding hydrogens is 504 g/mol. The van der Waals surface area contributed by atoms with Crippen molar-refractivity contribution in [3.63, 3.8) is 0 Å². The number of para-hydroxylation sites is 1. The Morgan fingerprint density at radius 1 is 0.829 bits per heavy atom. The van der Waals surface area contributed by atoms with E-state index in [-0.39, 0.29) is 17.5 Å². The lowest BCUT2D eigenvalue weighted by Gasteiger charge is -2.61. The molecule has 5 nitrogen and oxygen atoms in total. The summed E-state index contributed by atoms with van der Waals surface area (Å²) in [5.41, 5.74) is 4.62. The number of nitrogens with one attached hydrogen (secondary N) is 3. The average molecular weight is 555 g/mol. The van der Waals surface area contributed by atoms with Crippen LogP contribution in [-0.2, 0) is 6.42 Å². The Morgan fingerprint density at radius 3 is 2.54 bits per heavy atom. The second-order valence-corrected chi connectivity index (χ2v) is 13.6. The van der Waals surface area contributed by atoms with Crippen molar-refractivity contribution in [1.82, 2.24) is 20.5 Å². The molecule has 220 valence electrons. The van der Waals surface area contributed by atoms with Crippen LogP contribution in [0.15, 0.2) is 60.2 Å². The lowest BCUT2D eigenvalue weighted by molar-refractivity contribution is -0.0902. The number of hydrogen-bond donors (Lipinski definition) is 4. The summed E-state index contributed by atoms with van der Waals surface area (Å²) in [5, 5.41) is 22.4. The maximum Gasteiger partial charge on any atom is 0.0992 e. The molecule has 1 aromatic heterocycles. The highest BCUT2D eigenvalue weighted by Crippen LogP contribution is 2.56. The second kappa shape index (κ2) is 11.8. The number of fused-ring (bicyclic) bond motifs is 4. The molecule has 1 spiro atoms. The Labute approximate surface area is 246 Å². The summed E-state index contributed by atoms with van der Waals surface area (Å²) in [6, 6.07) is 9.01. The average Bonchev–Trinajstić information content (AvgIpc) is 3.35. The van der Waals surface area contributed by atoms with Crippen molar-refractivity contribution in [3.8, 4) is 0 Å². The molecular formula is C36H50N4O. The maximum absolute atomic E-state index is 13.0. The second-order valence-electron chi connectivity index (χ2n) is 13.6. The summed E-state index contributed by atoms with van der Waals surface area (Å²) in [6.07, 6.45) is 25.4. The quantitative estimate of drug-likeness (QED) is 0.311. The number of aliphatic hydroxyl groups is 1. The van der Waals surface area contributed by atoms with Gasteiger partial charge < -0.3 is 25.6 Å². The number of aromatic amines is 1. The van der Waals surface area contributed by atoms with Crippen LogP contribution in [0.25, 0.3) is 10.9 Å². The number of hydrogen-bond acceptors (Lipinski definition) is 4. The summed E-state index contributed by atoms with van der Waals surface area (Å²) in [4.78, 5) is 6.63. The predicted molar refractivity (Wildman–Crippen MR) is 169 cm³/mol. The van der Waals surface area contributed by atoms with Gasteiger partial charge in [0.1, 0.15) is 0 Å². The van der Waals surface area contributed by atoms with E-state index in [2.05, 4.69) is 75.2 Å². The molecule has 4 aliphatic heterocycles. The van der Waals surface area contributed by atoms with Gasteiger partial charge >= 0.3 is 0 Å². The Bertz CT molecular complexity index is 1310. The summed E-state index contributed by atoms with van der Waals surface area (Å²) in [5.74, 6) is 0.446. The van der Waals surface area contributed by atoms with Crippen LogP contribution in [0.3, 0.4) is 0 Å². The van der Waals surface area contributed by atoms with Gasteiger partial charge in [0.15, 0.2) is 0 Å². The van der Waals surface area contributed by atoms with Gasteiger partial charge in [0.2, 0.25) is 0 Å². The van der Waals surface area contributed by atoms with E-state index in [4.69, 9.17) is 0 Å². The van der Waals surface area contributed by atoms with Crippen LogP contribution < -0.4 is 10.6 Å². The van der Waals surface area contributed by atoms with Gasteiger partial charge in [-0.3, -0.25) is 0 Å². The van der Waals surface area contributed by atoms with E-state index in [0.717, 1.165) is 64.7 Å². The fourth-order valence-electron chi connectivity index (χ4n) is 9.27. The minimum Gasteiger partial charge on any atom is -0.384 e. The van der Waals surface area contributed by atoms with Gasteiger partial charge in [0.05, 0.1) is 11.6 Å². The van der Waals surface area contributed by atoms with Crippen LogP contribution in [-0.4, -0.2) is 59.4 Å². The number of rotatable bonds is 1. The molecule has 5 aliphatic rings. The summed E-state index contributed by atoms with van der Waals surface area (Å²) < 4.78 is 0. The van der Waals surface area contributed by atoms with Crippen molar-refractivity contribution in [2.24, 2.45) is 11.3 Å². The minimum atomic E-state index is -0.879. The standard InChI is InChI=1S/C36H50N4O/c41-36-20-12-6-2-4-8-14-23-40-24-18-30(35(26-40)19-11-5-1-3-7-13-21-38-34(35)36)29(25-36)32-33-28(17-22-37-32)27-15-9-10-16-31(27)39-33/h1-2,5-6,9-10,15-16,25,30,32,34,37-39,41H,3-4,7-8,11-14,17-24,26H2/b5-1-,6-2-/t30?,32?,34-,35?,36+/m1/s1. The molecule has 1 aliphatic carbocycles. The summed E-state index contributed by atoms with van der Waals surface area (Å²) in [7, 11) is 0. The molecule has 6 atom stereocenters. The summed E-state index contributed by atoms with van der Waals surface area (Å²) in [6.45, 7) is 5.39. The molecule has 1 aromatic carbocycles. The molecule has 3 bridgehead atoms. The molecule has 41 heavy (non-hydrogen) atoms. The first-order valence-electron chi connectivity index (χ1n) is 16.7. The molecule has 0 radical (unpaired) electrons. The van der Waals surface area contributed by atoms with E-state index >= 15 is 0 Å². The van der Waals surface area contributed by atoms with Crippen LogP contribution in [0.4, 0.5) is 0 Å². The van der Waals surface area contributed by atoms with Crippen LogP contribution in [0.5, 0.6) is 0 Å². The molecule has 4 N–H and O–H groups in total. The van der Waals surface area contributed by atoms with Crippen LogP contribution in [0, 0.1) is 11.3 Å². The third-order valence-electron chi connectivity index (χ3n) is 11.1. The molecule has 5 heteroatoms. The Hall–Kier alpha value is -2.18. The van der Waals surface area contributed by atoms with E-state index < -0.39 is 5.60 Å². The fourth-order valence-corrected chi connectivity index (χ4v) is 9.27. The maximum atomic E-state index is 13.0. The number of nitrogens with zero attached hydrogens (tertiary/aromatic N) is 1. The Kier molecular flexibility index (Phi) is 7.98. The number of allylic oxidation sites excluding steroid dienone is 4. The van der Waals surface area contributed by atoms with E-state index in [0.29, 0.717) is 5.92 Å². The lowest BCUT2D eigenvalue weighted by Crippen LogP contribution is -2.69. The third-order valence-corrected chi connectivity index (χ3v) is 11.1. The van der Waals surface area contributed by atoms with Gasteiger partial charge in [-0.25, -0.2) is 0 Å². The smallest absolute Gasteiger partial charge is 0.0992 e. The molecule has 1 fully saturated rings. The number of piperidine rings is 1. The van der Waals surface area contributed by atoms with Crippen molar-refractivity contribution >= 4 is 10.9 Å².